The van der Waals surface area contributed by atoms with Crippen molar-refractivity contribution in [3.05, 3.63) is 30.1 Å². The molecule has 0 saturated heterocycles. The van der Waals surface area contributed by atoms with E-state index in [0.29, 0.717) is 0 Å². The molecule has 0 spiro atoms. The minimum absolute atomic E-state index is 0.197. The molecule has 10 heavy (non-hydrogen) atoms. The van der Waals surface area contributed by atoms with E-state index in [2.05, 4.69) is 10.9 Å². The van der Waals surface area contributed by atoms with Crippen LogP contribution < -0.4 is 0 Å². The highest BCUT2D eigenvalue weighted by atomic mass is 14.6. The fourth-order valence-corrected chi connectivity index (χ4v) is 0.748. The lowest BCUT2D eigenvalue weighted by atomic mass is 10.0. The molecule has 1 heterocycles. The van der Waals surface area contributed by atoms with Gasteiger partial charge in [0, 0.05) is 18.3 Å². The van der Waals surface area contributed by atoms with Crippen LogP contribution in [0.4, 0.5) is 0 Å². The summed E-state index contributed by atoms with van der Waals surface area (Å²) in [5.41, 5.74) is 1.15. The number of pyridine rings is 1. The maximum absolute atomic E-state index is 5.23. The van der Waals surface area contributed by atoms with Gasteiger partial charge in [-0.3, -0.25) is 4.98 Å². The van der Waals surface area contributed by atoms with Crippen LogP contribution in [0, 0.1) is 12.3 Å². The van der Waals surface area contributed by atoms with E-state index < -0.39 is 0 Å². The summed E-state index contributed by atoms with van der Waals surface area (Å²) in [6.45, 7) is 2.00. The van der Waals surface area contributed by atoms with Gasteiger partial charge in [0.1, 0.15) is 0 Å². The van der Waals surface area contributed by atoms with Crippen LogP contribution in [0.25, 0.3) is 0 Å². The Kier molecular flexibility index (Phi) is 2.07. The number of nitrogens with zero attached hydrogens (tertiary/aromatic N) is 1. The summed E-state index contributed by atoms with van der Waals surface area (Å²) >= 11 is 0. The zero-order valence-electron chi connectivity index (χ0n) is 5.91. The number of hydrogen-bond donors (Lipinski definition) is 0. The lowest BCUT2D eigenvalue weighted by molar-refractivity contribution is 0.997. The molecule has 1 atom stereocenters. The Morgan fingerprint density at radius 3 is 2.60 bits per heavy atom. The Bertz CT molecular complexity index is 233. The van der Waals surface area contributed by atoms with Gasteiger partial charge in [-0.2, -0.15) is 0 Å². The summed E-state index contributed by atoms with van der Waals surface area (Å²) in [6, 6.07) is 3.87. The first kappa shape index (κ1) is 6.82. The summed E-state index contributed by atoms with van der Waals surface area (Å²) in [5.74, 6) is 2.85. The van der Waals surface area contributed by atoms with E-state index in [9.17, 15) is 0 Å². The van der Waals surface area contributed by atoms with E-state index in [0.717, 1.165) is 5.56 Å². The van der Waals surface area contributed by atoms with Gasteiger partial charge >= 0.3 is 0 Å². The highest BCUT2D eigenvalue weighted by molar-refractivity contribution is 5.22. The number of terminal acetylenes is 1. The van der Waals surface area contributed by atoms with E-state index in [1.54, 1.807) is 12.4 Å². The van der Waals surface area contributed by atoms with Crippen LogP contribution in [-0.2, 0) is 0 Å². The Balaban J connectivity index is 2.88. The second-order valence-corrected chi connectivity index (χ2v) is 2.17. The molecule has 0 aliphatic rings. The molecule has 0 bridgehead atoms. The van der Waals surface area contributed by atoms with Gasteiger partial charge in [0.05, 0.1) is 0 Å². The molecule has 1 aromatic rings. The normalized spacial score (nSPS) is 12.0. The van der Waals surface area contributed by atoms with Crippen LogP contribution in [0.5, 0.6) is 0 Å². The van der Waals surface area contributed by atoms with Crippen LogP contribution in [0.3, 0.4) is 0 Å². The monoisotopic (exact) mass is 131 g/mol. The lowest BCUT2D eigenvalue weighted by Crippen LogP contribution is -1.87. The van der Waals surface area contributed by atoms with Crippen molar-refractivity contribution in [1.82, 2.24) is 4.98 Å². The molecule has 0 aliphatic carbocycles. The Labute approximate surface area is 61.1 Å². The number of rotatable bonds is 1. The molecule has 0 aromatic carbocycles. The quantitative estimate of drug-likeness (QED) is 0.530. The largest absolute Gasteiger partial charge is 0.265 e. The van der Waals surface area contributed by atoms with Gasteiger partial charge in [-0.05, 0) is 24.6 Å². The molecule has 0 radical (unpaired) electrons. The molecular weight excluding hydrogens is 122 g/mol. The first-order valence-corrected chi connectivity index (χ1v) is 3.20. The molecule has 1 nitrogen and oxygen atoms in total. The van der Waals surface area contributed by atoms with E-state index in [1.807, 2.05) is 19.1 Å². The average molecular weight is 131 g/mol. The minimum Gasteiger partial charge on any atom is -0.265 e. The zero-order valence-corrected chi connectivity index (χ0v) is 5.91. The van der Waals surface area contributed by atoms with Crippen molar-refractivity contribution >= 4 is 0 Å². The van der Waals surface area contributed by atoms with Gasteiger partial charge in [0.25, 0.3) is 0 Å². The van der Waals surface area contributed by atoms with Crippen molar-refractivity contribution in [2.45, 2.75) is 12.8 Å². The Morgan fingerprint density at radius 1 is 1.50 bits per heavy atom. The van der Waals surface area contributed by atoms with Crippen LogP contribution in [-0.4, -0.2) is 4.98 Å². The topological polar surface area (TPSA) is 12.9 Å². The second-order valence-electron chi connectivity index (χ2n) is 2.17. The molecule has 0 saturated carbocycles. The van der Waals surface area contributed by atoms with Crippen molar-refractivity contribution < 1.29 is 0 Å². The minimum atomic E-state index is 0.197. The summed E-state index contributed by atoms with van der Waals surface area (Å²) in [6.07, 6.45) is 8.74. The van der Waals surface area contributed by atoms with E-state index in [-0.39, 0.29) is 5.92 Å². The van der Waals surface area contributed by atoms with Gasteiger partial charge in [-0.15, -0.1) is 6.42 Å². The highest BCUT2D eigenvalue weighted by Crippen LogP contribution is 2.10. The van der Waals surface area contributed by atoms with Crippen LogP contribution in [0.1, 0.15) is 18.4 Å². The SMILES string of the molecule is C#CC(C)c1ccncc1. The molecule has 1 aromatic heterocycles. The Hall–Kier alpha value is -1.29. The fraction of sp³-hybridized carbons (Fsp3) is 0.222. The summed E-state index contributed by atoms with van der Waals surface area (Å²) in [7, 11) is 0. The summed E-state index contributed by atoms with van der Waals surface area (Å²) in [5, 5.41) is 0. The maximum Gasteiger partial charge on any atom is 0.0422 e. The summed E-state index contributed by atoms with van der Waals surface area (Å²) in [4.78, 5) is 3.89. The molecule has 1 rings (SSSR count). The molecule has 50 valence electrons. The van der Waals surface area contributed by atoms with Crippen molar-refractivity contribution in [2.75, 3.05) is 0 Å². The summed E-state index contributed by atoms with van der Waals surface area (Å²) < 4.78 is 0. The molecule has 0 aliphatic heterocycles. The standard InChI is InChI=1S/C9H9N/c1-3-8(2)9-4-6-10-7-5-9/h1,4-8H,2H3. The predicted molar refractivity (Wildman–Crippen MR) is 41.5 cm³/mol. The first-order chi connectivity index (χ1) is 4.84. The van der Waals surface area contributed by atoms with Crippen LogP contribution >= 0.6 is 0 Å². The van der Waals surface area contributed by atoms with Crippen LogP contribution in [0.2, 0.25) is 0 Å². The third kappa shape index (κ3) is 1.35. The van der Waals surface area contributed by atoms with Gasteiger partial charge in [0.2, 0.25) is 0 Å². The lowest BCUT2D eigenvalue weighted by Gasteiger charge is -2.00. The molecule has 1 heteroatoms. The van der Waals surface area contributed by atoms with Gasteiger partial charge in [0.15, 0.2) is 0 Å². The molecular formula is C9H9N. The van der Waals surface area contributed by atoms with Gasteiger partial charge in [-0.25, -0.2) is 0 Å². The molecule has 0 amide bonds. The maximum atomic E-state index is 5.23. The number of hydrogen-bond acceptors (Lipinski definition) is 1. The van der Waals surface area contributed by atoms with E-state index >= 15 is 0 Å². The van der Waals surface area contributed by atoms with E-state index in [1.165, 1.54) is 0 Å². The van der Waals surface area contributed by atoms with E-state index in [4.69, 9.17) is 6.42 Å². The van der Waals surface area contributed by atoms with Crippen LogP contribution in [0.15, 0.2) is 24.5 Å². The van der Waals surface area contributed by atoms with Gasteiger partial charge < -0.3 is 0 Å². The highest BCUT2D eigenvalue weighted by Gasteiger charge is 1.97. The van der Waals surface area contributed by atoms with Crippen molar-refractivity contribution in [2.24, 2.45) is 0 Å². The average Bonchev–Trinajstić information content (AvgIpc) is 2.05. The number of aromatic nitrogens is 1. The Morgan fingerprint density at radius 2 is 2.10 bits per heavy atom. The predicted octanol–water partition coefficient (Wildman–Crippen LogP) is 1.82. The smallest absolute Gasteiger partial charge is 0.0422 e. The van der Waals surface area contributed by atoms with Crippen molar-refractivity contribution in [1.29, 1.82) is 0 Å². The van der Waals surface area contributed by atoms with Gasteiger partial charge in [-0.1, -0.05) is 5.92 Å². The second kappa shape index (κ2) is 3.03. The molecule has 1 unspecified atom stereocenters. The van der Waals surface area contributed by atoms with Crippen molar-refractivity contribution in [3.63, 3.8) is 0 Å². The third-order valence-corrected chi connectivity index (χ3v) is 1.46. The van der Waals surface area contributed by atoms with Crippen molar-refractivity contribution in [3.8, 4) is 12.3 Å². The molecule has 0 fully saturated rings. The third-order valence-electron chi connectivity index (χ3n) is 1.46. The fourth-order valence-electron chi connectivity index (χ4n) is 0.748. The molecule has 0 N–H and O–H groups in total. The zero-order chi connectivity index (χ0) is 7.40. The first-order valence-electron chi connectivity index (χ1n) is 3.20.